The molecule has 4 heteroatoms. The zero-order valence-electron chi connectivity index (χ0n) is 9.01. The SMILES string of the molecule is CC(=O)C1CCCN(CC2CC2(F)F)C1. The molecule has 1 aliphatic carbocycles. The van der Waals surface area contributed by atoms with E-state index in [1.165, 1.54) is 0 Å². The fourth-order valence-corrected chi connectivity index (χ4v) is 2.33. The minimum Gasteiger partial charge on any atom is -0.302 e. The van der Waals surface area contributed by atoms with Crippen molar-refractivity contribution in [2.45, 2.75) is 32.1 Å². The largest absolute Gasteiger partial charge is 0.302 e. The third-order valence-electron chi connectivity index (χ3n) is 3.51. The third-order valence-corrected chi connectivity index (χ3v) is 3.51. The predicted octanol–water partition coefficient (Wildman–Crippen LogP) is 1.94. The van der Waals surface area contributed by atoms with Crippen molar-refractivity contribution in [1.29, 1.82) is 0 Å². The average molecular weight is 217 g/mol. The predicted molar refractivity (Wildman–Crippen MR) is 52.9 cm³/mol. The van der Waals surface area contributed by atoms with Crippen molar-refractivity contribution in [3.8, 4) is 0 Å². The van der Waals surface area contributed by atoms with E-state index in [0.717, 1.165) is 19.4 Å². The summed E-state index contributed by atoms with van der Waals surface area (Å²) in [5, 5.41) is 0. The van der Waals surface area contributed by atoms with Crippen LogP contribution in [-0.2, 0) is 4.79 Å². The number of likely N-dealkylation sites (tertiary alicyclic amines) is 1. The molecule has 1 aliphatic heterocycles. The number of Topliss-reactive ketones (excluding diaryl/α,β-unsaturated/α-hetero) is 1. The van der Waals surface area contributed by atoms with Gasteiger partial charge >= 0.3 is 0 Å². The maximum absolute atomic E-state index is 12.7. The maximum Gasteiger partial charge on any atom is 0.252 e. The number of alkyl halides is 2. The lowest BCUT2D eigenvalue weighted by Gasteiger charge is -2.31. The van der Waals surface area contributed by atoms with E-state index in [1.54, 1.807) is 6.92 Å². The Labute approximate surface area is 88.6 Å². The Bertz CT molecular complexity index is 267. The van der Waals surface area contributed by atoms with E-state index in [1.807, 2.05) is 4.90 Å². The molecule has 1 saturated heterocycles. The summed E-state index contributed by atoms with van der Waals surface area (Å²) in [6.45, 7) is 3.62. The molecule has 1 heterocycles. The first-order valence-corrected chi connectivity index (χ1v) is 5.59. The molecule has 0 N–H and O–H groups in total. The Morgan fingerprint density at radius 1 is 1.53 bits per heavy atom. The molecule has 2 rings (SSSR count). The number of piperidine rings is 1. The van der Waals surface area contributed by atoms with Gasteiger partial charge in [-0.1, -0.05) is 0 Å². The van der Waals surface area contributed by atoms with Crippen LogP contribution in [0.5, 0.6) is 0 Å². The quantitative estimate of drug-likeness (QED) is 0.720. The number of carbonyl (C=O) groups is 1. The van der Waals surface area contributed by atoms with E-state index in [2.05, 4.69) is 0 Å². The molecule has 0 aromatic rings. The van der Waals surface area contributed by atoms with Crippen LogP contribution < -0.4 is 0 Å². The number of rotatable bonds is 3. The number of nitrogens with zero attached hydrogens (tertiary/aromatic N) is 1. The standard InChI is InChI=1S/C11H17F2NO/c1-8(15)9-3-2-4-14(6-9)7-10-5-11(10,12)13/h9-10H,2-7H2,1H3. The van der Waals surface area contributed by atoms with Crippen LogP contribution >= 0.6 is 0 Å². The summed E-state index contributed by atoms with van der Waals surface area (Å²) < 4.78 is 25.4. The van der Waals surface area contributed by atoms with Crippen LogP contribution in [0.25, 0.3) is 0 Å². The highest BCUT2D eigenvalue weighted by Crippen LogP contribution is 2.49. The first kappa shape index (κ1) is 11.0. The van der Waals surface area contributed by atoms with Crippen LogP contribution in [0.4, 0.5) is 8.78 Å². The molecule has 2 aliphatic rings. The second-order valence-corrected chi connectivity index (χ2v) is 4.87. The zero-order chi connectivity index (χ0) is 11.1. The first-order chi connectivity index (χ1) is 6.99. The van der Waals surface area contributed by atoms with E-state index in [-0.39, 0.29) is 18.1 Å². The Morgan fingerprint density at radius 2 is 2.20 bits per heavy atom. The molecule has 2 nitrogen and oxygen atoms in total. The van der Waals surface area contributed by atoms with Gasteiger partial charge in [-0.15, -0.1) is 0 Å². The molecule has 1 saturated carbocycles. The van der Waals surface area contributed by atoms with Crippen molar-refractivity contribution in [2.24, 2.45) is 11.8 Å². The van der Waals surface area contributed by atoms with Gasteiger partial charge in [-0.05, 0) is 26.3 Å². The number of hydrogen-bond acceptors (Lipinski definition) is 2. The fraction of sp³-hybridized carbons (Fsp3) is 0.909. The van der Waals surface area contributed by atoms with Gasteiger partial charge < -0.3 is 4.90 Å². The molecular weight excluding hydrogens is 200 g/mol. The van der Waals surface area contributed by atoms with E-state index in [4.69, 9.17) is 0 Å². The Hall–Kier alpha value is -0.510. The maximum atomic E-state index is 12.7. The summed E-state index contributed by atoms with van der Waals surface area (Å²) in [5.41, 5.74) is 0. The third kappa shape index (κ3) is 2.54. The molecule has 0 radical (unpaired) electrons. The minimum absolute atomic E-state index is 0.0360. The minimum atomic E-state index is -2.43. The molecule has 0 spiro atoms. The van der Waals surface area contributed by atoms with Crippen LogP contribution in [0.15, 0.2) is 0 Å². The molecule has 86 valence electrons. The molecule has 0 amide bonds. The van der Waals surface area contributed by atoms with Crippen molar-refractivity contribution >= 4 is 5.78 Å². The van der Waals surface area contributed by atoms with Crippen molar-refractivity contribution in [3.05, 3.63) is 0 Å². The number of ketones is 1. The molecule has 0 bridgehead atoms. The topological polar surface area (TPSA) is 20.3 Å². The van der Waals surface area contributed by atoms with Crippen molar-refractivity contribution < 1.29 is 13.6 Å². The lowest BCUT2D eigenvalue weighted by molar-refractivity contribution is -0.122. The Morgan fingerprint density at radius 3 is 2.73 bits per heavy atom. The molecule has 15 heavy (non-hydrogen) atoms. The van der Waals surface area contributed by atoms with Crippen LogP contribution in [-0.4, -0.2) is 36.2 Å². The summed E-state index contributed by atoms with van der Waals surface area (Å²) in [5.74, 6) is -2.61. The molecule has 2 atom stereocenters. The van der Waals surface area contributed by atoms with E-state index < -0.39 is 11.8 Å². The highest BCUT2D eigenvalue weighted by Gasteiger charge is 2.57. The highest BCUT2D eigenvalue weighted by atomic mass is 19.3. The van der Waals surface area contributed by atoms with Gasteiger partial charge in [-0.3, -0.25) is 4.79 Å². The summed E-state index contributed by atoms with van der Waals surface area (Å²) in [4.78, 5) is 13.2. The molecule has 0 aromatic heterocycles. The van der Waals surface area contributed by atoms with Gasteiger partial charge in [-0.2, -0.15) is 0 Å². The fourth-order valence-electron chi connectivity index (χ4n) is 2.33. The van der Waals surface area contributed by atoms with Gasteiger partial charge in [-0.25, -0.2) is 8.78 Å². The molecule has 2 unspecified atom stereocenters. The second-order valence-electron chi connectivity index (χ2n) is 4.87. The number of carbonyl (C=O) groups excluding carboxylic acids is 1. The normalized spacial score (nSPS) is 35.1. The molecule has 2 fully saturated rings. The van der Waals surface area contributed by atoms with E-state index >= 15 is 0 Å². The monoisotopic (exact) mass is 217 g/mol. The van der Waals surface area contributed by atoms with Gasteiger partial charge in [0.1, 0.15) is 5.78 Å². The summed E-state index contributed by atoms with van der Waals surface area (Å²) in [7, 11) is 0. The smallest absolute Gasteiger partial charge is 0.252 e. The van der Waals surface area contributed by atoms with Crippen molar-refractivity contribution in [2.75, 3.05) is 19.6 Å². The lowest BCUT2D eigenvalue weighted by Crippen LogP contribution is -2.39. The van der Waals surface area contributed by atoms with E-state index in [9.17, 15) is 13.6 Å². The summed E-state index contributed by atoms with van der Waals surface area (Å²) in [6.07, 6.45) is 1.92. The number of halogens is 2. The van der Waals surface area contributed by atoms with Gasteiger partial charge in [0.15, 0.2) is 0 Å². The van der Waals surface area contributed by atoms with Crippen molar-refractivity contribution in [3.63, 3.8) is 0 Å². The first-order valence-electron chi connectivity index (χ1n) is 5.59. The average Bonchev–Trinajstić information content (AvgIpc) is 2.74. The Kier molecular flexibility index (Phi) is 2.79. The van der Waals surface area contributed by atoms with Gasteiger partial charge in [0.25, 0.3) is 5.92 Å². The van der Waals surface area contributed by atoms with E-state index in [0.29, 0.717) is 13.1 Å². The van der Waals surface area contributed by atoms with Gasteiger partial charge in [0, 0.05) is 31.3 Å². The lowest BCUT2D eigenvalue weighted by atomic mass is 9.94. The van der Waals surface area contributed by atoms with Gasteiger partial charge in [0.05, 0.1) is 0 Å². The molecular formula is C11H17F2NO. The summed E-state index contributed by atoms with van der Waals surface area (Å²) in [6, 6.07) is 0. The molecule has 0 aromatic carbocycles. The Balaban J connectivity index is 1.81. The van der Waals surface area contributed by atoms with Crippen molar-refractivity contribution in [1.82, 2.24) is 4.90 Å². The van der Waals surface area contributed by atoms with Crippen LogP contribution in [0.3, 0.4) is 0 Å². The van der Waals surface area contributed by atoms with Crippen LogP contribution in [0.2, 0.25) is 0 Å². The highest BCUT2D eigenvalue weighted by molar-refractivity contribution is 5.78. The van der Waals surface area contributed by atoms with Crippen LogP contribution in [0.1, 0.15) is 26.2 Å². The number of hydrogen-bond donors (Lipinski definition) is 0. The second kappa shape index (κ2) is 3.81. The van der Waals surface area contributed by atoms with Gasteiger partial charge in [0.2, 0.25) is 0 Å². The summed E-state index contributed by atoms with van der Waals surface area (Å²) >= 11 is 0. The van der Waals surface area contributed by atoms with Crippen LogP contribution in [0, 0.1) is 11.8 Å². The zero-order valence-corrected chi connectivity index (χ0v) is 9.01.